The molecule has 1 aliphatic heterocycles. The predicted octanol–water partition coefficient (Wildman–Crippen LogP) is 3.87. The van der Waals surface area contributed by atoms with Crippen LogP contribution in [-0.4, -0.2) is 28.8 Å². The van der Waals surface area contributed by atoms with Crippen molar-refractivity contribution in [2.45, 2.75) is 25.7 Å². The summed E-state index contributed by atoms with van der Waals surface area (Å²) in [7, 11) is 0. The number of hydrogen-bond acceptors (Lipinski definition) is 6. The lowest BCUT2D eigenvalue weighted by Crippen LogP contribution is -2.26. The smallest absolute Gasteiger partial charge is 0.255 e. The minimum atomic E-state index is -2.52. The van der Waals surface area contributed by atoms with Crippen LogP contribution < -0.4 is 16.0 Å². The standard InChI is InChI=1S/C18H17F2N5O2/c1-18(2)10-4-3-9(7-12(10)23-16(18)26)22-17-24-11-5-6-27-14(11)15(25-17)21-8-13(19)20/h3-7,13H,8H2,1-2H3,(H,23,26)(H2,21,22,24,25). The van der Waals surface area contributed by atoms with Crippen LogP contribution in [0.15, 0.2) is 34.9 Å². The zero-order valence-electron chi connectivity index (χ0n) is 14.6. The number of anilines is 4. The van der Waals surface area contributed by atoms with Gasteiger partial charge in [-0.1, -0.05) is 6.07 Å². The molecule has 1 amide bonds. The molecule has 2 aromatic heterocycles. The molecule has 0 bridgehead atoms. The van der Waals surface area contributed by atoms with Crippen LogP contribution in [0.2, 0.25) is 0 Å². The summed E-state index contributed by atoms with van der Waals surface area (Å²) in [6, 6.07) is 7.09. The number of benzene rings is 1. The number of nitrogens with zero attached hydrogens (tertiary/aromatic N) is 2. The highest BCUT2D eigenvalue weighted by Gasteiger charge is 2.38. The fourth-order valence-corrected chi connectivity index (χ4v) is 3.01. The second-order valence-electron chi connectivity index (χ2n) is 6.77. The first-order valence-electron chi connectivity index (χ1n) is 8.35. The number of rotatable bonds is 5. The van der Waals surface area contributed by atoms with E-state index >= 15 is 0 Å². The largest absolute Gasteiger partial charge is 0.459 e. The number of carbonyl (C=O) groups is 1. The molecule has 27 heavy (non-hydrogen) atoms. The monoisotopic (exact) mass is 373 g/mol. The molecule has 9 heteroatoms. The molecule has 7 nitrogen and oxygen atoms in total. The lowest BCUT2D eigenvalue weighted by molar-refractivity contribution is -0.119. The molecule has 0 spiro atoms. The van der Waals surface area contributed by atoms with Gasteiger partial charge in [-0.3, -0.25) is 4.79 Å². The summed E-state index contributed by atoms with van der Waals surface area (Å²) in [4.78, 5) is 20.6. The van der Waals surface area contributed by atoms with E-state index in [2.05, 4.69) is 25.9 Å². The Labute approximate surface area is 153 Å². The molecule has 0 unspecified atom stereocenters. The van der Waals surface area contributed by atoms with Gasteiger partial charge in [-0.05, 0) is 31.5 Å². The second kappa shape index (κ2) is 6.19. The first-order valence-corrected chi connectivity index (χ1v) is 8.35. The van der Waals surface area contributed by atoms with Crippen molar-refractivity contribution >= 4 is 40.1 Å². The first kappa shape index (κ1) is 17.2. The van der Waals surface area contributed by atoms with Gasteiger partial charge in [0.2, 0.25) is 11.9 Å². The molecular formula is C18H17F2N5O2. The Morgan fingerprint density at radius 1 is 1.26 bits per heavy atom. The highest BCUT2D eigenvalue weighted by atomic mass is 19.3. The van der Waals surface area contributed by atoms with E-state index in [1.165, 1.54) is 6.26 Å². The van der Waals surface area contributed by atoms with Crippen LogP contribution in [0.4, 0.5) is 31.9 Å². The average molecular weight is 373 g/mol. The Balaban J connectivity index is 1.64. The highest BCUT2D eigenvalue weighted by Crippen LogP contribution is 2.39. The van der Waals surface area contributed by atoms with Crippen molar-refractivity contribution in [2.24, 2.45) is 0 Å². The zero-order chi connectivity index (χ0) is 19.2. The van der Waals surface area contributed by atoms with E-state index in [0.717, 1.165) is 11.3 Å². The number of nitrogens with one attached hydrogen (secondary N) is 3. The molecular weight excluding hydrogens is 356 g/mol. The van der Waals surface area contributed by atoms with Crippen molar-refractivity contribution in [2.75, 3.05) is 22.5 Å². The van der Waals surface area contributed by atoms with Gasteiger partial charge in [-0.2, -0.15) is 4.98 Å². The molecule has 1 aliphatic rings. The topological polar surface area (TPSA) is 92.1 Å². The summed E-state index contributed by atoms with van der Waals surface area (Å²) in [6.07, 6.45) is -1.10. The molecule has 0 aliphatic carbocycles. The van der Waals surface area contributed by atoms with Crippen molar-refractivity contribution < 1.29 is 18.0 Å². The van der Waals surface area contributed by atoms with Gasteiger partial charge in [0, 0.05) is 17.4 Å². The molecule has 0 saturated heterocycles. The molecule has 0 radical (unpaired) electrons. The minimum Gasteiger partial charge on any atom is -0.459 e. The summed E-state index contributed by atoms with van der Waals surface area (Å²) in [5.41, 5.74) is 2.49. The quantitative estimate of drug-likeness (QED) is 0.629. The van der Waals surface area contributed by atoms with Crippen LogP contribution in [0.1, 0.15) is 19.4 Å². The van der Waals surface area contributed by atoms with E-state index in [-0.39, 0.29) is 17.7 Å². The van der Waals surface area contributed by atoms with Gasteiger partial charge in [-0.25, -0.2) is 13.8 Å². The SMILES string of the molecule is CC1(C)C(=O)Nc2cc(Nc3nc(NCC(F)F)c4occc4n3)ccc21. The molecule has 3 N–H and O–H groups in total. The fourth-order valence-electron chi connectivity index (χ4n) is 3.01. The molecule has 3 aromatic rings. The number of fused-ring (bicyclic) bond motifs is 2. The Morgan fingerprint density at radius 3 is 2.85 bits per heavy atom. The van der Waals surface area contributed by atoms with Gasteiger partial charge in [0.1, 0.15) is 5.52 Å². The number of alkyl halides is 2. The van der Waals surface area contributed by atoms with Gasteiger partial charge in [0.25, 0.3) is 6.43 Å². The van der Waals surface area contributed by atoms with Crippen LogP contribution in [0, 0.1) is 0 Å². The van der Waals surface area contributed by atoms with Gasteiger partial charge >= 0.3 is 0 Å². The predicted molar refractivity (Wildman–Crippen MR) is 97.7 cm³/mol. The van der Waals surface area contributed by atoms with Crippen molar-refractivity contribution in [3.8, 4) is 0 Å². The number of carbonyl (C=O) groups excluding carboxylic acids is 1. The molecule has 4 rings (SSSR count). The van der Waals surface area contributed by atoms with Crippen molar-refractivity contribution in [3.05, 3.63) is 36.1 Å². The highest BCUT2D eigenvalue weighted by molar-refractivity contribution is 6.06. The van der Waals surface area contributed by atoms with Crippen LogP contribution in [0.5, 0.6) is 0 Å². The van der Waals surface area contributed by atoms with E-state index < -0.39 is 18.4 Å². The number of furan rings is 1. The van der Waals surface area contributed by atoms with E-state index in [4.69, 9.17) is 4.42 Å². The fraction of sp³-hybridized carbons (Fsp3) is 0.278. The van der Waals surface area contributed by atoms with Crippen LogP contribution in [0.25, 0.3) is 11.1 Å². The molecule has 0 fully saturated rings. The Morgan fingerprint density at radius 2 is 2.07 bits per heavy atom. The van der Waals surface area contributed by atoms with Crippen molar-refractivity contribution in [1.82, 2.24) is 9.97 Å². The van der Waals surface area contributed by atoms with Crippen molar-refractivity contribution in [3.63, 3.8) is 0 Å². The first-order chi connectivity index (χ1) is 12.8. The third kappa shape index (κ3) is 3.05. The zero-order valence-corrected chi connectivity index (χ0v) is 14.6. The van der Waals surface area contributed by atoms with Crippen LogP contribution >= 0.6 is 0 Å². The third-order valence-corrected chi connectivity index (χ3v) is 4.49. The molecule has 1 aromatic carbocycles. The molecule has 0 atom stereocenters. The summed E-state index contributed by atoms with van der Waals surface area (Å²) in [5.74, 6) is 0.344. The van der Waals surface area contributed by atoms with Crippen LogP contribution in [0.3, 0.4) is 0 Å². The van der Waals surface area contributed by atoms with E-state index in [1.807, 2.05) is 26.0 Å². The molecule has 140 valence electrons. The number of halogens is 2. The van der Waals surface area contributed by atoms with Gasteiger partial charge in [0.05, 0.1) is 18.2 Å². The number of aromatic nitrogens is 2. The molecule has 3 heterocycles. The maximum atomic E-state index is 12.5. The normalized spacial score (nSPS) is 15.1. The maximum Gasteiger partial charge on any atom is 0.255 e. The van der Waals surface area contributed by atoms with Gasteiger partial charge in [-0.15, -0.1) is 0 Å². The second-order valence-corrected chi connectivity index (χ2v) is 6.77. The van der Waals surface area contributed by atoms with E-state index in [9.17, 15) is 13.6 Å². The number of amides is 1. The number of hydrogen-bond donors (Lipinski definition) is 3. The molecule has 0 saturated carbocycles. The average Bonchev–Trinajstić information content (AvgIpc) is 3.15. The lowest BCUT2D eigenvalue weighted by Gasteiger charge is -2.15. The minimum absolute atomic E-state index is 0.0656. The third-order valence-electron chi connectivity index (χ3n) is 4.49. The summed E-state index contributed by atoms with van der Waals surface area (Å²) < 4.78 is 30.3. The van der Waals surface area contributed by atoms with Gasteiger partial charge < -0.3 is 20.4 Å². The summed E-state index contributed by atoms with van der Waals surface area (Å²) in [6.45, 7) is 3.17. The van der Waals surface area contributed by atoms with E-state index in [1.54, 1.807) is 12.1 Å². The maximum absolute atomic E-state index is 12.5. The summed E-state index contributed by atoms with van der Waals surface area (Å²) >= 11 is 0. The summed E-state index contributed by atoms with van der Waals surface area (Å²) in [5, 5.41) is 8.46. The van der Waals surface area contributed by atoms with Gasteiger partial charge in [0.15, 0.2) is 11.4 Å². The van der Waals surface area contributed by atoms with Crippen LogP contribution in [-0.2, 0) is 10.2 Å². The van der Waals surface area contributed by atoms with E-state index in [0.29, 0.717) is 16.8 Å². The Hall–Kier alpha value is -3.23. The lowest BCUT2D eigenvalue weighted by atomic mass is 9.86. The van der Waals surface area contributed by atoms with Crippen molar-refractivity contribution in [1.29, 1.82) is 0 Å². The Bertz CT molecular complexity index is 1030. The Kier molecular flexibility index (Phi) is 3.94.